The number of halogens is 4. The van der Waals surface area contributed by atoms with Gasteiger partial charge in [-0.3, -0.25) is 0 Å². The van der Waals surface area contributed by atoms with Crippen molar-refractivity contribution in [3.8, 4) is 16.6 Å². The Bertz CT molecular complexity index is 769. The lowest BCUT2D eigenvalue weighted by molar-refractivity contribution is -0.137. The molecule has 3 rings (SSSR count). The minimum Gasteiger partial charge on any atom is -0.240 e. The van der Waals surface area contributed by atoms with Crippen molar-refractivity contribution in [2.24, 2.45) is 0 Å². The number of hydrogen-bond acceptors (Lipinski definition) is 6. The highest BCUT2D eigenvalue weighted by atomic mass is 35.5. The summed E-state index contributed by atoms with van der Waals surface area (Å²) >= 11 is 6.20. The molecule has 21 heavy (non-hydrogen) atoms. The van der Waals surface area contributed by atoms with Crippen molar-refractivity contribution in [2.45, 2.75) is 6.18 Å². The highest BCUT2D eigenvalue weighted by Gasteiger charge is 2.35. The third-order valence-electron chi connectivity index (χ3n) is 2.27. The zero-order chi connectivity index (χ0) is 15.0. The summed E-state index contributed by atoms with van der Waals surface area (Å²) < 4.78 is 39.0. The molecule has 0 aliphatic heterocycles. The van der Waals surface area contributed by atoms with Gasteiger partial charge in [-0.1, -0.05) is 0 Å². The van der Waals surface area contributed by atoms with E-state index in [2.05, 4.69) is 25.0 Å². The summed E-state index contributed by atoms with van der Waals surface area (Å²) in [5.41, 5.74) is 0. The quantitative estimate of drug-likeness (QED) is 0.721. The van der Waals surface area contributed by atoms with Crippen molar-refractivity contribution in [2.75, 3.05) is 0 Å². The lowest BCUT2D eigenvalue weighted by Gasteiger charge is -2.02. The first-order chi connectivity index (χ1) is 9.93. The molecule has 0 unspecified atom stereocenters. The predicted octanol–water partition coefficient (Wildman–Crippen LogP) is 2.85. The number of aromatic nitrogens is 6. The van der Waals surface area contributed by atoms with Gasteiger partial charge in [-0.15, -0.1) is 11.3 Å². The van der Waals surface area contributed by atoms with Gasteiger partial charge in [0, 0.05) is 18.6 Å². The number of hydrogen-bond donors (Lipinski definition) is 0. The lowest BCUT2D eigenvalue weighted by Crippen LogP contribution is -2.04. The van der Waals surface area contributed by atoms with E-state index in [0.29, 0.717) is 11.3 Å². The van der Waals surface area contributed by atoms with Gasteiger partial charge < -0.3 is 0 Å². The van der Waals surface area contributed by atoms with Gasteiger partial charge in [-0.05, 0) is 17.7 Å². The van der Waals surface area contributed by atoms with Crippen LogP contribution in [0.25, 0.3) is 16.6 Å². The summed E-state index contributed by atoms with van der Waals surface area (Å²) in [6.07, 6.45) is -0.383. The van der Waals surface area contributed by atoms with Crippen LogP contribution in [0.5, 0.6) is 0 Å². The third-order valence-corrected chi connectivity index (χ3v) is 3.48. The van der Waals surface area contributed by atoms with E-state index in [1.54, 1.807) is 12.3 Å². The number of alkyl halides is 3. The Morgan fingerprint density at radius 3 is 2.62 bits per heavy atom. The Hall–Kier alpha value is -2.07. The highest BCUT2D eigenvalue weighted by molar-refractivity contribution is 7.15. The first-order valence-corrected chi connectivity index (χ1v) is 6.58. The van der Waals surface area contributed by atoms with Crippen LogP contribution in [0.15, 0.2) is 24.7 Å². The molecule has 0 aliphatic rings. The van der Waals surface area contributed by atoms with Gasteiger partial charge in [0.1, 0.15) is 0 Å². The SMILES string of the molecule is FC(F)(F)c1ncc(-c2nc(Cl)nc(-n3cccn3)n2)s1. The maximum Gasteiger partial charge on any atom is 0.443 e. The first-order valence-electron chi connectivity index (χ1n) is 5.38. The van der Waals surface area contributed by atoms with E-state index in [1.165, 1.54) is 10.9 Å². The number of nitrogens with zero attached hydrogens (tertiary/aromatic N) is 6. The molecular weight excluding hydrogens is 329 g/mol. The molecule has 0 spiro atoms. The Morgan fingerprint density at radius 2 is 2.00 bits per heavy atom. The van der Waals surface area contributed by atoms with Gasteiger partial charge in [0.25, 0.3) is 5.95 Å². The molecule has 6 nitrogen and oxygen atoms in total. The summed E-state index contributed by atoms with van der Waals surface area (Å²) in [7, 11) is 0. The van der Waals surface area contributed by atoms with E-state index >= 15 is 0 Å². The average molecular weight is 333 g/mol. The summed E-state index contributed by atoms with van der Waals surface area (Å²) in [5.74, 6) is 0.116. The molecule has 0 fully saturated rings. The summed E-state index contributed by atoms with van der Waals surface area (Å²) in [6, 6.07) is 1.64. The molecule has 0 aromatic carbocycles. The molecule has 11 heteroatoms. The predicted molar refractivity (Wildman–Crippen MR) is 68.1 cm³/mol. The molecule has 0 radical (unpaired) electrons. The minimum atomic E-state index is -4.51. The lowest BCUT2D eigenvalue weighted by atomic mass is 10.5. The Labute approximate surface area is 124 Å². The van der Waals surface area contributed by atoms with Crippen molar-refractivity contribution >= 4 is 22.9 Å². The molecule has 0 N–H and O–H groups in total. The fourth-order valence-electron chi connectivity index (χ4n) is 1.45. The average Bonchev–Trinajstić information content (AvgIpc) is 3.09. The summed E-state index contributed by atoms with van der Waals surface area (Å²) in [6.45, 7) is 0. The zero-order valence-electron chi connectivity index (χ0n) is 9.91. The summed E-state index contributed by atoms with van der Waals surface area (Å²) in [4.78, 5) is 15.2. The molecule has 3 aromatic rings. The molecule has 108 valence electrons. The summed E-state index contributed by atoms with van der Waals surface area (Å²) in [5, 5.41) is 2.80. The van der Waals surface area contributed by atoms with Gasteiger partial charge in [0.05, 0.1) is 4.88 Å². The van der Waals surface area contributed by atoms with Crippen LogP contribution in [0.2, 0.25) is 5.28 Å². The first kappa shape index (κ1) is 13.9. The number of thiazole rings is 1. The van der Waals surface area contributed by atoms with Crippen LogP contribution in [0.4, 0.5) is 13.2 Å². The fourth-order valence-corrected chi connectivity index (χ4v) is 2.32. The normalized spacial score (nSPS) is 11.8. The van der Waals surface area contributed by atoms with Gasteiger partial charge in [-0.25, -0.2) is 9.67 Å². The van der Waals surface area contributed by atoms with Crippen LogP contribution >= 0.6 is 22.9 Å². The van der Waals surface area contributed by atoms with Crippen molar-refractivity contribution < 1.29 is 13.2 Å². The van der Waals surface area contributed by atoms with Gasteiger partial charge >= 0.3 is 6.18 Å². The van der Waals surface area contributed by atoms with Crippen molar-refractivity contribution in [1.82, 2.24) is 29.7 Å². The van der Waals surface area contributed by atoms with E-state index in [9.17, 15) is 13.2 Å². The van der Waals surface area contributed by atoms with E-state index in [1.807, 2.05) is 0 Å². The molecule has 0 saturated carbocycles. The van der Waals surface area contributed by atoms with E-state index in [0.717, 1.165) is 6.20 Å². The molecule has 0 saturated heterocycles. The van der Waals surface area contributed by atoms with Gasteiger partial charge in [-0.2, -0.15) is 33.2 Å². The molecule has 0 bridgehead atoms. The van der Waals surface area contributed by atoms with Crippen LogP contribution in [0.3, 0.4) is 0 Å². The monoisotopic (exact) mass is 332 g/mol. The van der Waals surface area contributed by atoms with E-state index in [4.69, 9.17) is 11.6 Å². The Morgan fingerprint density at radius 1 is 1.19 bits per heavy atom. The van der Waals surface area contributed by atoms with Crippen LogP contribution < -0.4 is 0 Å². The Kier molecular flexibility index (Phi) is 3.33. The molecule has 0 amide bonds. The second kappa shape index (κ2) is 5.04. The Balaban J connectivity index is 2.05. The smallest absolute Gasteiger partial charge is 0.240 e. The van der Waals surface area contributed by atoms with E-state index < -0.39 is 11.2 Å². The maximum absolute atomic E-state index is 12.6. The zero-order valence-corrected chi connectivity index (χ0v) is 11.5. The third kappa shape index (κ3) is 2.85. The van der Waals surface area contributed by atoms with Crippen molar-refractivity contribution in [3.05, 3.63) is 34.9 Å². The minimum absolute atomic E-state index is 0.00787. The second-order valence-electron chi connectivity index (χ2n) is 3.71. The van der Waals surface area contributed by atoms with Crippen LogP contribution in [0, 0.1) is 0 Å². The highest BCUT2D eigenvalue weighted by Crippen LogP contribution is 2.35. The van der Waals surface area contributed by atoms with Crippen LogP contribution in [0.1, 0.15) is 5.01 Å². The van der Waals surface area contributed by atoms with Gasteiger partial charge in [0.15, 0.2) is 10.8 Å². The van der Waals surface area contributed by atoms with E-state index in [-0.39, 0.29) is 21.9 Å². The number of rotatable bonds is 2. The molecular formula is C10H4ClF3N6S. The molecule has 3 heterocycles. The molecule has 3 aromatic heterocycles. The second-order valence-corrected chi connectivity index (χ2v) is 5.07. The maximum atomic E-state index is 12.6. The van der Waals surface area contributed by atoms with Crippen LogP contribution in [-0.4, -0.2) is 29.7 Å². The largest absolute Gasteiger partial charge is 0.443 e. The van der Waals surface area contributed by atoms with Gasteiger partial charge in [0.2, 0.25) is 5.28 Å². The molecule has 0 atom stereocenters. The standard InChI is InChI=1S/C10H4ClF3N6S/c11-8-17-6(5-4-15-7(21-5)10(12,13)14)18-9(19-8)20-3-1-2-16-20/h1-4H. The molecule has 0 aliphatic carbocycles. The fraction of sp³-hybridized carbons (Fsp3) is 0.100. The van der Waals surface area contributed by atoms with Crippen molar-refractivity contribution in [1.29, 1.82) is 0 Å². The van der Waals surface area contributed by atoms with Crippen molar-refractivity contribution in [3.63, 3.8) is 0 Å². The van der Waals surface area contributed by atoms with Crippen LogP contribution in [-0.2, 0) is 6.18 Å². The topological polar surface area (TPSA) is 69.4 Å².